The molecule has 1 unspecified atom stereocenters. The highest BCUT2D eigenvalue weighted by atomic mass is 16.5. The van der Waals surface area contributed by atoms with Crippen LogP contribution in [0.1, 0.15) is 47.1 Å². The summed E-state index contributed by atoms with van der Waals surface area (Å²) in [5.41, 5.74) is 0.377. The number of nitriles is 1. The minimum atomic E-state index is -0.715. The van der Waals surface area contributed by atoms with Crippen molar-refractivity contribution in [2.75, 3.05) is 5.32 Å². The first-order chi connectivity index (χ1) is 11.5. The molecular formula is C18H26N4O3. The maximum atomic E-state index is 12.2. The van der Waals surface area contributed by atoms with Gasteiger partial charge in [0.25, 0.3) is 0 Å². The van der Waals surface area contributed by atoms with E-state index in [0.717, 1.165) is 0 Å². The van der Waals surface area contributed by atoms with Crippen LogP contribution in [-0.4, -0.2) is 29.6 Å². The first-order valence-electron chi connectivity index (χ1n) is 8.12. The fourth-order valence-corrected chi connectivity index (χ4v) is 1.95. The summed E-state index contributed by atoms with van der Waals surface area (Å²) in [4.78, 5) is 24.2. The number of carbonyl (C=O) groups is 2. The number of hydrogen-bond donors (Lipinski definition) is 3. The Hall–Kier alpha value is -2.75. The Labute approximate surface area is 148 Å². The largest absolute Gasteiger partial charge is 0.489 e. The molecule has 0 radical (unpaired) electrons. The van der Waals surface area contributed by atoms with Gasteiger partial charge in [-0.2, -0.15) is 5.26 Å². The molecule has 0 bridgehead atoms. The normalized spacial score (nSPS) is 12.1. The van der Waals surface area contributed by atoms with Gasteiger partial charge in [-0.15, -0.1) is 0 Å². The van der Waals surface area contributed by atoms with Crippen molar-refractivity contribution in [3.05, 3.63) is 23.8 Å². The predicted octanol–water partition coefficient (Wildman–Crippen LogP) is 2.77. The predicted molar refractivity (Wildman–Crippen MR) is 96.4 cm³/mol. The Kier molecular flexibility index (Phi) is 6.80. The molecule has 0 aliphatic heterocycles. The van der Waals surface area contributed by atoms with E-state index in [9.17, 15) is 9.59 Å². The molecule has 7 heteroatoms. The lowest BCUT2D eigenvalue weighted by Gasteiger charge is -2.24. The smallest absolute Gasteiger partial charge is 0.319 e. The van der Waals surface area contributed by atoms with Gasteiger partial charge in [0, 0.05) is 5.54 Å². The monoisotopic (exact) mass is 346 g/mol. The molecule has 3 amide bonds. The number of rotatable bonds is 5. The zero-order valence-electron chi connectivity index (χ0n) is 15.6. The second-order valence-corrected chi connectivity index (χ2v) is 7.05. The number of anilines is 1. The molecule has 136 valence electrons. The first kappa shape index (κ1) is 20.3. The Morgan fingerprint density at radius 2 is 1.84 bits per heavy atom. The van der Waals surface area contributed by atoms with E-state index in [1.807, 2.05) is 40.7 Å². The van der Waals surface area contributed by atoms with Crippen molar-refractivity contribution in [1.29, 1.82) is 5.26 Å². The topological polar surface area (TPSA) is 103 Å². The summed E-state index contributed by atoms with van der Waals surface area (Å²) in [6.45, 7) is 10.9. The van der Waals surface area contributed by atoms with Crippen LogP contribution in [0.4, 0.5) is 10.5 Å². The molecule has 0 saturated carbocycles. The Morgan fingerprint density at radius 3 is 2.36 bits per heavy atom. The third-order valence-corrected chi connectivity index (χ3v) is 2.96. The number of benzene rings is 1. The van der Waals surface area contributed by atoms with E-state index in [2.05, 4.69) is 16.0 Å². The van der Waals surface area contributed by atoms with Gasteiger partial charge in [0.15, 0.2) is 0 Å². The summed E-state index contributed by atoms with van der Waals surface area (Å²) in [5, 5.41) is 17.0. The molecule has 3 N–H and O–H groups in total. The van der Waals surface area contributed by atoms with Crippen LogP contribution in [0.5, 0.6) is 5.75 Å². The maximum absolute atomic E-state index is 12.2. The highest BCUT2D eigenvalue weighted by Crippen LogP contribution is 2.26. The van der Waals surface area contributed by atoms with Gasteiger partial charge in [0.05, 0.1) is 23.4 Å². The Balaban J connectivity index is 2.82. The van der Waals surface area contributed by atoms with Gasteiger partial charge in [0.2, 0.25) is 5.91 Å². The first-order valence-corrected chi connectivity index (χ1v) is 8.12. The molecule has 1 rings (SSSR count). The number of nitrogens with one attached hydrogen (secondary N) is 3. The fourth-order valence-electron chi connectivity index (χ4n) is 1.95. The number of amides is 3. The molecule has 0 aliphatic rings. The molecule has 25 heavy (non-hydrogen) atoms. The zero-order valence-corrected chi connectivity index (χ0v) is 15.6. The van der Waals surface area contributed by atoms with Crippen LogP contribution in [0.2, 0.25) is 0 Å². The molecular weight excluding hydrogens is 320 g/mol. The summed E-state index contributed by atoms with van der Waals surface area (Å²) in [6, 6.07) is 5.51. The van der Waals surface area contributed by atoms with Crippen LogP contribution in [0.3, 0.4) is 0 Å². The molecule has 1 aromatic rings. The third-order valence-electron chi connectivity index (χ3n) is 2.96. The van der Waals surface area contributed by atoms with E-state index in [1.54, 1.807) is 19.1 Å². The average Bonchev–Trinajstić information content (AvgIpc) is 2.46. The number of carbonyl (C=O) groups excluding carboxylic acids is 2. The van der Waals surface area contributed by atoms with E-state index in [1.165, 1.54) is 6.07 Å². The summed E-state index contributed by atoms with van der Waals surface area (Å²) in [5.74, 6) is 0.169. The van der Waals surface area contributed by atoms with Crippen LogP contribution >= 0.6 is 0 Å². The molecule has 0 saturated heterocycles. The average molecular weight is 346 g/mol. The van der Waals surface area contributed by atoms with E-state index in [0.29, 0.717) is 17.0 Å². The van der Waals surface area contributed by atoms with E-state index < -0.39 is 12.1 Å². The quantitative estimate of drug-likeness (QED) is 0.762. The lowest BCUT2D eigenvalue weighted by Crippen LogP contribution is -2.51. The third kappa shape index (κ3) is 7.12. The van der Waals surface area contributed by atoms with Gasteiger partial charge in [0.1, 0.15) is 11.8 Å². The Morgan fingerprint density at radius 1 is 1.20 bits per heavy atom. The van der Waals surface area contributed by atoms with Crippen LogP contribution in [0.15, 0.2) is 18.2 Å². The molecule has 0 heterocycles. The standard InChI is InChI=1S/C18H26N4O3/c1-11(2)25-15-8-7-13(10-19)9-14(15)21-17(24)20-12(3)16(23)22-18(4,5)6/h7-9,11-12H,1-6H3,(H,22,23)(H2,20,21,24). The van der Waals surface area contributed by atoms with Crippen molar-refractivity contribution in [2.24, 2.45) is 0 Å². The van der Waals surface area contributed by atoms with Crippen molar-refractivity contribution in [3.63, 3.8) is 0 Å². The van der Waals surface area contributed by atoms with Crippen molar-refractivity contribution in [2.45, 2.75) is 59.2 Å². The molecule has 1 aromatic carbocycles. The molecule has 1 atom stereocenters. The van der Waals surface area contributed by atoms with Crippen LogP contribution in [0, 0.1) is 11.3 Å². The second kappa shape index (κ2) is 8.38. The van der Waals surface area contributed by atoms with E-state index in [-0.39, 0.29) is 17.6 Å². The maximum Gasteiger partial charge on any atom is 0.319 e. The zero-order chi connectivity index (χ0) is 19.2. The molecule has 0 aromatic heterocycles. The van der Waals surface area contributed by atoms with Crippen molar-refractivity contribution in [3.8, 4) is 11.8 Å². The van der Waals surface area contributed by atoms with Crippen molar-refractivity contribution in [1.82, 2.24) is 10.6 Å². The van der Waals surface area contributed by atoms with Crippen molar-refractivity contribution >= 4 is 17.6 Å². The minimum Gasteiger partial charge on any atom is -0.489 e. The van der Waals surface area contributed by atoms with Gasteiger partial charge in [-0.1, -0.05) is 0 Å². The van der Waals surface area contributed by atoms with Gasteiger partial charge < -0.3 is 20.7 Å². The summed E-state index contributed by atoms with van der Waals surface area (Å²) in [7, 11) is 0. The van der Waals surface area contributed by atoms with Crippen LogP contribution < -0.4 is 20.7 Å². The summed E-state index contributed by atoms with van der Waals surface area (Å²) in [6.07, 6.45) is -0.0898. The number of hydrogen-bond acceptors (Lipinski definition) is 4. The lowest BCUT2D eigenvalue weighted by molar-refractivity contribution is -0.123. The number of nitrogens with zero attached hydrogens (tertiary/aromatic N) is 1. The van der Waals surface area contributed by atoms with Gasteiger partial charge in [-0.25, -0.2) is 4.79 Å². The lowest BCUT2D eigenvalue weighted by atomic mass is 10.1. The Bertz CT molecular complexity index is 672. The highest BCUT2D eigenvalue weighted by molar-refractivity contribution is 5.94. The van der Waals surface area contributed by atoms with Gasteiger partial charge in [-0.3, -0.25) is 4.79 Å². The minimum absolute atomic E-state index is 0.0898. The van der Waals surface area contributed by atoms with Gasteiger partial charge >= 0.3 is 6.03 Å². The van der Waals surface area contributed by atoms with Crippen LogP contribution in [-0.2, 0) is 4.79 Å². The van der Waals surface area contributed by atoms with Crippen LogP contribution in [0.25, 0.3) is 0 Å². The SMILES string of the molecule is CC(C)Oc1ccc(C#N)cc1NC(=O)NC(C)C(=O)NC(C)(C)C. The molecule has 0 spiro atoms. The molecule has 0 fully saturated rings. The van der Waals surface area contributed by atoms with Gasteiger partial charge in [-0.05, 0) is 59.7 Å². The summed E-state index contributed by atoms with van der Waals surface area (Å²) >= 11 is 0. The van der Waals surface area contributed by atoms with Crippen molar-refractivity contribution < 1.29 is 14.3 Å². The van der Waals surface area contributed by atoms with E-state index in [4.69, 9.17) is 10.00 Å². The number of ether oxygens (including phenoxy) is 1. The van der Waals surface area contributed by atoms with E-state index >= 15 is 0 Å². The molecule has 0 aliphatic carbocycles. The molecule has 7 nitrogen and oxygen atoms in total. The fraction of sp³-hybridized carbons (Fsp3) is 0.500. The highest BCUT2D eigenvalue weighted by Gasteiger charge is 2.21. The second-order valence-electron chi connectivity index (χ2n) is 7.05. The number of urea groups is 1. The summed E-state index contributed by atoms with van der Waals surface area (Å²) < 4.78 is 5.63.